The highest BCUT2D eigenvalue weighted by molar-refractivity contribution is 7.11. The number of carbonyl (C=O) groups excluding carboxylic acids is 1. The van der Waals surface area contributed by atoms with E-state index in [4.69, 9.17) is 0 Å². The van der Waals surface area contributed by atoms with Gasteiger partial charge in [-0.25, -0.2) is 4.98 Å². The van der Waals surface area contributed by atoms with E-state index in [1.165, 1.54) is 0 Å². The van der Waals surface area contributed by atoms with Crippen molar-refractivity contribution in [3.05, 3.63) is 46.0 Å². The van der Waals surface area contributed by atoms with Gasteiger partial charge in [0.25, 0.3) is 5.91 Å². The minimum Gasteiger partial charge on any atom is -0.343 e. The normalized spacial score (nSPS) is 12.5. The molecule has 0 aliphatic heterocycles. The smallest absolute Gasteiger partial charge is 0.254 e. The van der Waals surface area contributed by atoms with Crippen molar-refractivity contribution in [3.63, 3.8) is 0 Å². The molecule has 1 unspecified atom stereocenters. The largest absolute Gasteiger partial charge is 0.343 e. The van der Waals surface area contributed by atoms with Crippen molar-refractivity contribution in [2.24, 2.45) is 0 Å². The summed E-state index contributed by atoms with van der Waals surface area (Å²) >= 11 is 1.59. The lowest BCUT2D eigenvalue weighted by Crippen LogP contribution is -2.26. The lowest BCUT2D eigenvalue weighted by Gasteiger charge is -2.11. The van der Waals surface area contributed by atoms with Crippen LogP contribution in [-0.4, -0.2) is 21.1 Å². The zero-order valence-electron chi connectivity index (χ0n) is 11.2. The summed E-state index contributed by atoms with van der Waals surface area (Å²) in [7, 11) is 0. The molecule has 1 aromatic carbocycles. The SMILES string of the molecule is Cc1cnc(C(C)NC(=O)c2cccc3cn[nH]c23)s1. The molecule has 3 rings (SSSR count). The van der Waals surface area contributed by atoms with Crippen molar-refractivity contribution in [2.75, 3.05) is 0 Å². The molecule has 1 atom stereocenters. The molecule has 5 nitrogen and oxygen atoms in total. The molecule has 2 aromatic heterocycles. The Morgan fingerprint density at radius 3 is 3.00 bits per heavy atom. The number of H-pyrrole nitrogens is 1. The van der Waals surface area contributed by atoms with Crippen molar-refractivity contribution in [2.45, 2.75) is 19.9 Å². The van der Waals surface area contributed by atoms with Gasteiger partial charge >= 0.3 is 0 Å². The third-order valence-electron chi connectivity index (χ3n) is 3.08. The fraction of sp³-hybridized carbons (Fsp3) is 0.214. The quantitative estimate of drug-likeness (QED) is 0.777. The number of hydrogen-bond donors (Lipinski definition) is 2. The van der Waals surface area contributed by atoms with Crippen LogP contribution in [0, 0.1) is 6.92 Å². The van der Waals surface area contributed by atoms with Crippen LogP contribution >= 0.6 is 11.3 Å². The molecule has 0 radical (unpaired) electrons. The second kappa shape index (κ2) is 5.05. The molecule has 0 saturated carbocycles. The molecule has 3 aromatic rings. The van der Waals surface area contributed by atoms with E-state index in [9.17, 15) is 4.79 Å². The molecule has 0 bridgehead atoms. The summed E-state index contributed by atoms with van der Waals surface area (Å²) in [6, 6.07) is 5.45. The first-order chi connectivity index (χ1) is 9.65. The van der Waals surface area contributed by atoms with Gasteiger partial charge in [-0.1, -0.05) is 12.1 Å². The maximum atomic E-state index is 12.4. The van der Waals surface area contributed by atoms with Gasteiger partial charge in [0.05, 0.1) is 23.3 Å². The first kappa shape index (κ1) is 12.8. The van der Waals surface area contributed by atoms with Crippen LogP contribution in [0.4, 0.5) is 0 Å². The summed E-state index contributed by atoms with van der Waals surface area (Å²) < 4.78 is 0. The average Bonchev–Trinajstić information content (AvgIpc) is 3.06. The van der Waals surface area contributed by atoms with Crippen LogP contribution in [0.2, 0.25) is 0 Å². The van der Waals surface area contributed by atoms with Gasteiger partial charge in [0, 0.05) is 16.5 Å². The molecule has 0 aliphatic rings. The van der Waals surface area contributed by atoms with Crippen LogP contribution in [0.3, 0.4) is 0 Å². The second-order valence-electron chi connectivity index (χ2n) is 4.64. The van der Waals surface area contributed by atoms with Crippen LogP contribution in [0.25, 0.3) is 10.9 Å². The summed E-state index contributed by atoms with van der Waals surface area (Å²) in [5.41, 5.74) is 1.35. The highest BCUT2D eigenvalue weighted by Crippen LogP contribution is 2.21. The van der Waals surface area contributed by atoms with E-state index in [1.54, 1.807) is 23.6 Å². The molecule has 0 spiro atoms. The van der Waals surface area contributed by atoms with Crippen LogP contribution in [-0.2, 0) is 0 Å². The lowest BCUT2D eigenvalue weighted by molar-refractivity contribution is 0.0941. The van der Waals surface area contributed by atoms with Gasteiger partial charge in [0.1, 0.15) is 5.01 Å². The molecule has 102 valence electrons. The zero-order valence-corrected chi connectivity index (χ0v) is 12.0. The monoisotopic (exact) mass is 286 g/mol. The van der Waals surface area contributed by atoms with Crippen molar-refractivity contribution in [1.29, 1.82) is 0 Å². The minimum absolute atomic E-state index is 0.112. The number of para-hydroxylation sites is 1. The zero-order chi connectivity index (χ0) is 14.1. The van der Waals surface area contributed by atoms with Crippen molar-refractivity contribution in [3.8, 4) is 0 Å². The number of nitrogens with zero attached hydrogens (tertiary/aromatic N) is 2. The molecule has 6 heteroatoms. The number of thiazole rings is 1. The van der Waals surface area contributed by atoms with Gasteiger partial charge in [0.15, 0.2) is 0 Å². The number of rotatable bonds is 3. The Bertz CT molecular complexity index is 761. The standard InChI is InChI=1S/C14H14N4OS/c1-8-6-15-14(20-8)9(2)17-13(19)11-5-3-4-10-7-16-18-12(10)11/h3-7,9H,1-2H3,(H,16,18)(H,17,19). The summed E-state index contributed by atoms with van der Waals surface area (Å²) in [5.74, 6) is -0.125. The van der Waals surface area contributed by atoms with Gasteiger partial charge in [-0.2, -0.15) is 5.10 Å². The Hall–Kier alpha value is -2.21. The van der Waals surface area contributed by atoms with Gasteiger partial charge in [0.2, 0.25) is 0 Å². The molecule has 2 N–H and O–H groups in total. The van der Waals surface area contributed by atoms with E-state index >= 15 is 0 Å². The van der Waals surface area contributed by atoms with Crippen molar-refractivity contribution in [1.82, 2.24) is 20.5 Å². The minimum atomic E-state index is -0.125. The summed E-state index contributed by atoms with van der Waals surface area (Å²) in [5, 5.41) is 11.6. The van der Waals surface area contributed by atoms with Crippen molar-refractivity contribution >= 4 is 28.1 Å². The Kier molecular flexibility index (Phi) is 3.23. The lowest BCUT2D eigenvalue weighted by atomic mass is 10.1. The van der Waals surface area contributed by atoms with Gasteiger partial charge in [-0.15, -0.1) is 11.3 Å². The number of aromatic amines is 1. The van der Waals surface area contributed by atoms with E-state index < -0.39 is 0 Å². The van der Waals surface area contributed by atoms with E-state index in [0.717, 1.165) is 20.8 Å². The Morgan fingerprint density at radius 1 is 1.40 bits per heavy atom. The van der Waals surface area contributed by atoms with Crippen molar-refractivity contribution < 1.29 is 4.79 Å². The van der Waals surface area contributed by atoms with E-state index in [-0.39, 0.29) is 11.9 Å². The first-order valence-electron chi connectivity index (χ1n) is 6.30. The number of amides is 1. The molecule has 1 amide bonds. The Morgan fingerprint density at radius 2 is 2.25 bits per heavy atom. The topological polar surface area (TPSA) is 70.7 Å². The average molecular weight is 286 g/mol. The molecule has 0 aliphatic carbocycles. The third-order valence-corrected chi connectivity index (χ3v) is 4.17. The Balaban J connectivity index is 1.84. The highest BCUT2D eigenvalue weighted by atomic mass is 32.1. The molecule has 20 heavy (non-hydrogen) atoms. The van der Waals surface area contributed by atoms with Crippen LogP contribution < -0.4 is 5.32 Å². The third kappa shape index (κ3) is 2.30. The summed E-state index contributed by atoms with van der Waals surface area (Å²) in [6.45, 7) is 3.93. The first-order valence-corrected chi connectivity index (χ1v) is 7.12. The van der Waals surface area contributed by atoms with Crippen LogP contribution in [0.5, 0.6) is 0 Å². The van der Waals surface area contributed by atoms with E-state index in [1.807, 2.05) is 32.2 Å². The van der Waals surface area contributed by atoms with Crippen LogP contribution in [0.15, 0.2) is 30.6 Å². The van der Waals surface area contributed by atoms with Gasteiger partial charge in [-0.05, 0) is 19.9 Å². The number of aromatic nitrogens is 3. The van der Waals surface area contributed by atoms with Gasteiger partial charge < -0.3 is 5.32 Å². The predicted octanol–water partition coefficient (Wildman–Crippen LogP) is 2.82. The molecule has 2 heterocycles. The molecular weight excluding hydrogens is 272 g/mol. The molecule has 0 fully saturated rings. The number of fused-ring (bicyclic) bond motifs is 1. The number of hydrogen-bond acceptors (Lipinski definition) is 4. The second-order valence-corrected chi connectivity index (χ2v) is 5.91. The summed E-state index contributed by atoms with van der Waals surface area (Å²) in [4.78, 5) is 17.8. The molecular formula is C14H14N4OS. The van der Waals surface area contributed by atoms with E-state index in [0.29, 0.717) is 5.56 Å². The fourth-order valence-electron chi connectivity index (χ4n) is 2.07. The Labute approximate surface area is 120 Å². The maximum absolute atomic E-state index is 12.4. The number of benzene rings is 1. The number of carbonyl (C=O) groups is 1. The van der Waals surface area contributed by atoms with Crippen LogP contribution in [0.1, 0.15) is 33.2 Å². The predicted molar refractivity (Wildman–Crippen MR) is 78.8 cm³/mol. The number of nitrogens with one attached hydrogen (secondary N) is 2. The summed E-state index contributed by atoms with van der Waals surface area (Å²) in [6.07, 6.45) is 3.53. The number of aryl methyl sites for hydroxylation is 1. The fourth-order valence-corrected chi connectivity index (χ4v) is 2.84. The maximum Gasteiger partial charge on any atom is 0.254 e. The highest BCUT2D eigenvalue weighted by Gasteiger charge is 2.16. The van der Waals surface area contributed by atoms with Gasteiger partial charge in [-0.3, -0.25) is 9.89 Å². The molecule has 0 saturated heterocycles. The van der Waals surface area contributed by atoms with E-state index in [2.05, 4.69) is 20.5 Å².